The lowest BCUT2D eigenvalue weighted by Gasteiger charge is -2.18. The number of aryl methyl sites for hydroxylation is 3. The van der Waals surface area contributed by atoms with E-state index >= 15 is 0 Å². The van der Waals surface area contributed by atoms with E-state index in [1.54, 1.807) is 0 Å². The quantitative estimate of drug-likeness (QED) is 0.0947. The van der Waals surface area contributed by atoms with Crippen molar-refractivity contribution in [2.24, 2.45) is 0 Å². The molecule has 4 rings (SSSR count). The molecule has 42 heavy (non-hydrogen) atoms. The van der Waals surface area contributed by atoms with Gasteiger partial charge in [0.05, 0.1) is 6.61 Å². The van der Waals surface area contributed by atoms with Crippen molar-refractivity contribution in [3.8, 4) is 17.0 Å². The van der Waals surface area contributed by atoms with Crippen LogP contribution in [0.25, 0.3) is 11.3 Å². The van der Waals surface area contributed by atoms with Gasteiger partial charge in [-0.15, -0.1) is 0 Å². The molecule has 0 aliphatic heterocycles. The van der Waals surface area contributed by atoms with E-state index in [-0.39, 0.29) is 5.97 Å². The standard InChI is InChI=1S/C38H47NO3/c1-4-6-7-8-10-14-31-19-21-32(22-20-31)17-13-28-39-30(3)18-27-36(39)34-23-25-35(26-24-34)42-37(38(40)41-5-2)29-33-15-11-9-12-16-33/h9,11-12,15-16,18-27,37H,4-8,10,13-14,17,28-29H2,1-3H3/t37-/m1/s1. The zero-order valence-electron chi connectivity index (χ0n) is 25.7. The second kappa shape index (κ2) is 16.6. The van der Waals surface area contributed by atoms with Crippen molar-refractivity contribution in [1.82, 2.24) is 4.57 Å². The Hall–Kier alpha value is -3.79. The highest BCUT2D eigenvalue weighted by Gasteiger charge is 2.22. The molecule has 0 saturated carbocycles. The first-order chi connectivity index (χ1) is 20.6. The summed E-state index contributed by atoms with van der Waals surface area (Å²) in [5, 5.41) is 0. The number of carbonyl (C=O) groups is 1. The smallest absolute Gasteiger partial charge is 0.347 e. The fourth-order valence-corrected chi connectivity index (χ4v) is 5.47. The minimum absolute atomic E-state index is 0.327. The van der Waals surface area contributed by atoms with Crippen LogP contribution in [0.3, 0.4) is 0 Å². The molecule has 4 nitrogen and oxygen atoms in total. The third-order valence-corrected chi connectivity index (χ3v) is 7.88. The Balaban J connectivity index is 1.33. The van der Waals surface area contributed by atoms with Crippen molar-refractivity contribution in [2.45, 2.75) is 91.2 Å². The molecule has 222 valence electrons. The van der Waals surface area contributed by atoms with E-state index in [1.807, 2.05) is 49.4 Å². The van der Waals surface area contributed by atoms with E-state index < -0.39 is 6.10 Å². The molecule has 1 aromatic heterocycles. The van der Waals surface area contributed by atoms with Gasteiger partial charge < -0.3 is 14.0 Å². The van der Waals surface area contributed by atoms with Gasteiger partial charge in [0, 0.05) is 24.4 Å². The maximum atomic E-state index is 12.6. The van der Waals surface area contributed by atoms with E-state index in [9.17, 15) is 4.79 Å². The van der Waals surface area contributed by atoms with Crippen molar-refractivity contribution in [1.29, 1.82) is 0 Å². The van der Waals surface area contributed by atoms with Crippen LogP contribution in [0.5, 0.6) is 5.75 Å². The fourth-order valence-electron chi connectivity index (χ4n) is 5.47. The molecule has 0 saturated heterocycles. The molecule has 0 bridgehead atoms. The van der Waals surface area contributed by atoms with Crippen molar-refractivity contribution in [3.05, 3.63) is 113 Å². The van der Waals surface area contributed by atoms with Crippen molar-refractivity contribution >= 4 is 5.97 Å². The van der Waals surface area contributed by atoms with Crippen LogP contribution in [0.4, 0.5) is 0 Å². The van der Waals surface area contributed by atoms with Gasteiger partial charge in [-0.3, -0.25) is 0 Å². The summed E-state index contributed by atoms with van der Waals surface area (Å²) in [6.45, 7) is 7.55. The molecule has 1 heterocycles. The third kappa shape index (κ3) is 9.37. The lowest BCUT2D eigenvalue weighted by atomic mass is 10.0. The van der Waals surface area contributed by atoms with Crippen LogP contribution in [-0.2, 0) is 35.3 Å². The molecule has 0 radical (unpaired) electrons. The summed E-state index contributed by atoms with van der Waals surface area (Å²) in [7, 11) is 0. The highest BCUT2D eigenvalue weighted by Crippen LogP contribution is 2.26. The maximum Gasteiger partial charge on any atom is 0.347 e. The van der Waals surface area contributed by atoms with Crippen LogP contribution in [-0.4, -0.2) is 23.2 Å². The Morgan fingerprint density at radius 1 is 0.714 bits per heavy atom. The number of benzene rings is 3. The maximum absolute atomic E-state index is 12.6. The molecule has 1 atom stereocenters. The summed E-state index contributed by atoms with van der Waals surface area (Å²) in [4.78, 5) is 12.6. The van der Waals surface area contributed by atoms with E-state index in [0.29, 0.717) is 18.8 Å². The molecule has 0 aliphatic carbocycles. The summed E-state index contributed by atoms with van der Waals surface area (Å²) < 4.78 is 13.8. The van der Waals surface area contributed by atoms with E-state index in [1.165, 1.54) is 61.0 Å². The topological polar surface area (TPSA) is 40.5 Å². The Kier molecular flexibility index (Phi) is 12.3. The molecule has 4 aromatic rings. The summed E-state index contributed by atoms with van der Waals surface area (Å²) in [6, 6.07) is 31.6. The minimum atomic E-state index is -0.691. The average molecular weight is 566 g/mol. The molecule has 3 aromatic carbocycles. The van der Waals surface area contributed by atoms with Gasteiger partial charge >= 0.3 is 5.97 Å². The van der Waals surface area contributed by atoms with E-state index in [2.05, 4.69) is 66.9 Å². The second-order valence-electron chi connectivity index (χ2n) is 11.2. The predicted octanol–water partition coefficient (Wildman–Crippen LogP) is 9.16. The summed E-state index contributed by atoms with van der Waals surface area (Å²) in [5.74, 6) is 0.318. The fraction of sp³-hybridized carbons (Fsp3) is 0.395. The Labute approximate surface area is 252 Å². The zero-order valence-corrected chi connectivity index (χ0v) is 25.7. The molecular formula is C38H47NO3. The summed E-state index contributed by atoms with van der Waals surface area (Å²) in [6.07, 6.45) is 9.76. The first-order valence-electron chi connectivity index (χ1n) is 15.8. The Morgan fingerprint density at radius 2 is 1.38 bits per heavy atom. The molecule has 0 spiro atoms. The number of carbonyl (C=O) groups excluding carboxylic acids is 1. The van der Waals surface area contributed by atoms with Crippen molar-refractivity contribution < 1.29 is 14.3 Å². The van der Waals surface area contributed by atoms with Gasteiger partial charge in [0.2, 0.25) is 0 Å². The van der Waals surface area contributed by atoms with Crippen LogP contribution in [0.15, 0.2) is 91.0 Å². The van der Waals surface area contributed by atoms with Crippen LogP contribution in [0.1, 0.15) is 74.8 Å². The highest BCUT2D eigenvalue weighted by atomic mass is 16.6. The number of esters is 1. The van der Waals surface area contributed by atoms with Gasteiger partial charge in [0.15, 0.2) is 6.10 Å². The molecule has 4 heteroatoms. The highest BCUT2D eigenvalue weighted by molar-refractivity contribution is 5.75. The van der Waals surface area contributed by atoms with Gasteiger partial charge in [-0.2, -0.15) is 0 Å². The molecule has 0 N–H and O–H groups in total. The van der Waals surface area contributed by atoms with Crippen LogP contribution in [0, 0.1) is 6.92 Å². The minimum Gasteiger partial charge on any atom is -0.478 e. The number of hydrogen-bond donors (Lipinski definition) is 0. The average Bonchev–Trinajstić information content (AvgIpc) is 3.38. The normalized spacial score (nSPS) is 11.8. The second-order valence-corrected chi connectivity index (χ2v) is 11.2. The van der Waals surface area contributed by atoms with Crippen molar-refractivity contribution in [2.75, 3.05) is 6.61 Å². The number of aromatic nitrogens is 1. The number of unbranched alkanes of at least 4 members (excludes halogenated alkanes) is 4. The van der Waals surface area contributed by atoms with Gasteiger partial charge in [0.1, 0.15) is 5.75 Å². The van der Waals surface area contributed by atoms with Crippen LogP contribution >= 0.6 is 0 Å². The van der Waals surface area contributed by atoms with Crippen LogP contribution in [0.2, 0.25) is 0 Å². The predicted molar refractivity (Wildman–Crippen MR) is 173 cm³/mol. The molecule has 0 amide bonds. The SMILES string of the molecule is CCCCCCCc1ccc(CCCn2c(C)ccc2-c2ccc(O[C@H](Cc3ccccc3)C(=O)OCC)cc2)cc1. The molecule has 0 aliphatic rings. The third-order valence-electron chi connectivity index (χ3n) is 7.88. The number of hydrogen-bond acceptors (Lipinski definition) is 3. The molecule has 0 unspecified atom stereocenters. The van der Waals surface area contributed by atoms with E-state index in [4.69, 9.17) is 9.47 Å². The van der Waals surface area contributed by atoms with Crippen LogP contribution < -0.4 is 4.74 Å². The molecular weight excluding hydrogens is 518 g/mol. The molecule has 0 fully saturated rings. The van der Waals surface area contributed by atoms with Gasteiger partial charge in [-0.1, -0.05) is 87.2 Å². The first-order valence-corrected chi connectivity index (χ1v) is 15.8. The van der Waals surface area contributed by atoms with Gasteiger partial charge in [-0.05, 0) is 98.2 Å². The Bertz CT molecular complexity index is 1340. The summed E-state index contributed by atoms with van der Waals surface area (Å²) in [5.41, 5.74) is 7.49. The van der Waals surface area contributed by atoms with Crippen molar-refractivity contribution in [3.63, 3.8) is 0 Å². The lowest BCUT2D eigenvalue weighted by Crippen LogP contribution is -2.31. The monoisotopic (exact) mass is 565 g/mol. The number of nitrogens with zero attached hydrogens (tertiary/aromatic N) is 1. The van der Waals surface area contributed by atoms with Gasteiger partial charge in [0.25, 0.3) is 0 Å². The Morgan fingerprint density at radius 3 is 2.05 bits per heavy atom. The summed E-state index contributed by atoms with van der Waals surface area (Å²) >= 11 is 0. The van der Waals surface area contributed by atoms with Gasteiger partial charge in [-0.25, -0.2) is 4.79 Å². The zero-order chi connectivity index (χ0) is 29.6. The largest absolute Gasteiger partial charge is 0.478 e. The van der Waals surface area contributed by atoms with E-state index in [0.717, 1.165) is 30.5 Å². The lowest BCUT2D eigenvalue weighted by molar-refractivity contribution is -0.151. The first kappa shape index (κ1) is 31.2. The number of rotatable bonds is 17. The number of ether oxygens (including phenoxy) is 2.